The predicted molar refractivity (Wildman–Crippen MR) is 66.7 cm³/mol. The minimum absolute atomic E-state index is 0.0371. The van der Waals surface area contributed by atoms with E-state index in [4.69, 9.17) is 0 Å². The Morgan fingerprint density at radius 3 is 2.58 bits per heavy atom. The average Bonchev–Trinajstić information content (AvgIpc) is 2.67. The van der Waals surface area contributed by atoms with E-state index >= 15 is 0 Å². The Kier molecular flexibility index (Phi) is 4.03. The average molecular weight is 339 g/mol. The van der Waals surface area contributed by atoms with Crippen LogP contribution in [0.1, 0.15) is 36.2 Å². The van der Waals surface area contributed by atoms with Crippen molar-refractivity contribution in [2.24, 2.45) is 18.9 Å². The molecule has 0 saturated heterocycles. The van der Waals surface area contributed by atoms with Crippen molar-refractivity contribution in [2.75, 3.05) is 0 Å². The van der Waals surface area contributed by atoms with Gasteiger partial charge in [-0.2, -0.15) is 18.3 Å². The summed E-state index contributed by atoms with van der Waals surface area (Å²) < 4.78 is 40.8. The Balaban J connectivity index is 2.31. The van der Waals surface area contributed by atoms with E-state index in [-0.39, 0.29) is 12.1 Å². The highest BCUT2D eigenvalue weighted by molar-refractivity contribution is 9.10. The molecule has 1 fully saturated rings. The normalized spacial score (nSPS) is 24.5. The molecular formula is C12H14BrF3N2O. The highest BCUT2D eigenvalue weighted by Crippen LogP contribution is 2.43. The number of nitrogens with zero attached hydrogens (tertiary/aromatic N) is 2. The monoisotopic (exact) mass is 338 g/mol. The van der Waals surface area contributed by atoms with Crippen molar-refractivity contribution in [3.63, 3.8) is 0 Å². The van der Waals surface area contributed by atoms with Crippen LogP contribution in [-0.2, 0) is 7.05 Å². The zero-order valence-corrected chi connectivity index (χ0v) is 12.0. The number of alkyl halides is 3. The van der Waals surface area contributed by atoms with E-state index in [2.05, 4.69) is 21.0 Å². The highest BCUT2D eigenvalue weighted by atomic mass is 79.9. The fourth-order valence-corrected chi connectivity index (χ4v) is 3.24. The Labute approximate surface area is 117 Å². The minimum Gasteiger partial charge on any atom is -0.292 e. The summed E-state index contributed by atoms with van der Waals surface area (Å²) in [6.45, 7) is 0. The first-order valence-corrected chi connectivity index (χ1v) is 6.90. The Morgan fingerprint density at radius 1 is 1.42 bits per heavy atom. The van der Waals surface area contributed by atoms with Crippen LogP contribution in [0.3, 0.4) is 0 Å². The molecule has 1 heterocycles. The van der Waals surface area contributed by atoms with Gasteiger partial charge >= 0.3 is 6.18 Å². The topological polar surface area (TPSA) is 34.9 Å². The molecule has 106 valence electrons. The SMILES string of the molecule is Cn1ncc(Br)c1C(=O)C1CCCCC1C(F)(F)F. The lowest BCUT2D eigenvalue weighted by Gasteiger charge is -2.31. The summed E-state index contributed by atoms with van der Waals surface area (Å²) in [5, 5.41) is 3.89. The van der Waals surface area contributed by atoms with Crippen LogP contribution in [-0.4, -0.2) is 21.7 Å². The van der Waals surface area contributed by atoms with Crippen molar-refractivity contribution >= 4 is 21.7 Å². The van der Waals surface area contributed by atoms with Gasteiger partial charge in [0.2, 0.25) is 0 Å². The van der Waals surface area contributed by atoms with Crippen molar-refractivity contribution in [2.45, 2.75) is 31.9 Å². The maximum atomic E-state index is 13.0. The summed E-state index contributed by atoms with van der Waals surface area (Å²) in [6, 6.07) is 0. The third-order valence-corrected chi connectivity index (χ3v) is 4.23. The molecule has 0 aromatic carbocycles. The first-order chi connectivity index (χ1) is 8.82. The van der Waals surface area contributed by atoms with Crippen LogP contribution in [0.4, 0.5) is 13.2 Å². The molecule has 1 aromatic rings. The third kappa shape index (κ3) is 2.85. The fourth-order valence-electron chi connectivity index (χ4n) is 2.70. The number of rotatable bonds is 2. The Bertz CT molecular complexity index is 464. The molecule has 1 aliphatic rings. The largest absolute Gasteiger partial charge is 0.392 e. The number of hydrogen-bond acceptors (Lipinski definition) is 2. The van der Waals surface area contributed by atoms with Gasteiger partial charge in [0.1, 0.15) is 5.69 Å². The van der Waals surface area contributed by atoms with Gasteiger partial charge in [-0.05, 0) is 28.8 Å². The van der Waals surface area contributed by atoms with E-state index in [0.29, 0.717) is 23.7 Å². The van der Waals surface area contributed by atoms with Crippen LogP contribution in [0.15, 0.2) is 10.7 Å². The minimum atomic E-state index is -4.31. The van der Waals surface area contributed by atoms with Crippen LogP contribution in [0.25, 0.3) is 0 Å². The molecule has 3 nitrogen and oxygen atoms in total. The van der Waals surface area contributed by atoms with Crippen molar-refractivity contribution in [1.29, 1.82) is 0 Å². The van der Waals surface area contributed by atoms with E-state index in [1.165, 1.54) is 10.9 Å². The fraction of sp³-hybridized carbons (Fsp3) is 0.667. The van der Waals surface area contributed by atoms with E-state index in [9.17, 15) is 18.0 Å². The van der Waals surface area contributed by atoms with E-state index in [0.717, 1.165) is 0 Å². The molecule has 0 spiro atoms. The summed E-state index contributed by atoms with van der Waals surface area (Å²) in [5.74, 6) is -2.98. The van der Waals surface area contributed by atoms with Crippen molar-refractivity contribution in [3.05, 3.63) is 16.4 Å². The molecule has 1 aliphatic carbocycles. The van der Waals surface area contributed by atoms with E-state index in [1.54, 1.807) is 7.05 Å². The van der Waals surface area contributed by atoms with Crippen LogP contribution >= 0.6 is 15.9 Å². The smallest absolute Gasteiger partial charge is 0.292 e. The quantitative estimate of drug-likeness (QED) is 0.770. The number of aromatic nitrogens is 2. The molecule has 2 rings (SSSR count). The zero-order chi connectivity index (χ0) is 14.2. The second kappa shape index (κ2) is 5.26. The van der Waals surface area contributed by atoms with Gasteiger partial charge in [-0.1, -0.05) is 12.8 Å². The molecule has 0 amide bonds. The second-order valence-electron chi connectivity index (χ2n) is 4.87. The van der Waals surface area contributed by atoms with Gasteiger partial charge in [0.05, 0.1) is 16.6 Å². The Morgan fingerprint density at radius 2 is 2.05 bits per heavy atom. The number of ketones is 1. The Hall–Kier alpha value is -0.850. The first kappa shape index (κ1) is 14.6. The lowest BCUT2D eigenvalue weighted by Crippen LogP contribution is -2.38. The molecular weight excluding hydrogens is 325 g/mol. The number of halogens is 4. The predicted octanol–water partition coefficient (Wildman–Crippen LogP) is 3.73. The van der Waals surface area contributed by atoms with Gasteiger partial charge in [0.15, 0.2) is 5.78 Å². The number of hydrogen-bond donors (Lipinski definition) is 0. The van der Waals surface area contributed by atoms with Gasteiger partial charge < -0.3 is 0 Å². The standard InChI is InChI=1S/C12H14BrF3N2O/c1-18-10(9(13)6-17-18)11(19)7-4-2-3-5-8(7)12(14,15)16/h6-8H,2-5H2,1H3. The molecule has 1 aromatic heterocycles. The number of carbonyl (C=O) groups is 1. The first-order valence-electron chi connectivity index (χ1n) is 6.10. The van der Waals surface area contributed by atoms with Crippen LogP contribution < -0.4 is 0 Å². The molecule has 0 bridgehead atoms. The van der Waals surface area contributed by atoms with Crippen LogP contribution in [0, 0.1) is 11.8 Å². The van der Waals surface area contributed by atoms with Gasteiger partial charge in [0.25, 0.3) is 0 Å². The number of aryl methyl sites for hydroxylation is 1. The van der Waals surface area contributed by atoms with Crippen molar-refractivity contribution < 1.29 is 18.0 Å². The summed E-state index contributed by atoms with van der Waals surface area (Å²) in [4.78, 5) is 12.4. The van der Waals surface area contributed by atoms with Gasteiger partial charge in [-0.25, -0.2) is 0 Å². The maximum Gasteiger partial charge on any atom is 0.392 e. The van der Waals surface area contributed by atoms with Crippen LogP contribution in [0.5, 0.6) is 0 Å². The lowest BCUT2D eigenvalue weighted by atomic mass is 9.76. The van der Waals surface area contributed by atoms with E-state index < -0.39 is 23.8 Å². The van der Waals surface area contributed by atoms with Gasteiger partial charge in [-0.3, -0.25) is 9.48 Å². The second-order valence-corrected chi connectivity index (χ2v) is 5.72. The summed E-state index contributed by atoms with van der Waals surface area (Å²) in [7, 11) is 1.56. The molecule has 2 unspecified atom stereocenters. The number of Topliss-reactive ketones (excluding diaryl/α,β-unsaturated/α-hetero) is 1. The molecule has 1 saturated carbocycles. The van der Waals surface area contributed by atoms with Crippen LogP contribution in [0.2, 0.25) is 0 Å². The molecule has 19 heavy (non-hydrogen) atoms. The third-order valence-electron chi connectivity index (χ3n) is 3.65. The van der Waals surface area contributed by atoms with E-state index in [1.807, 2.05) is 0 Å². The van der Waals surface area contributed by atoms with Crippen molar-refractivity contribution in [1.82, 2.24) is 9.78 Å². The highest BCUT2D eigenvalue weighted by Gasteiger charge is 2.48. The summed E-state index contributed by atoms with van der Waals surface area (Å²) >= 11 is 3.17. The maximum absolute atomic E-state index is 13.0. The molecule has 7 heteroatoms. The summed E-state index contributed by atoms with van der Waals surface area (Å²) in [5.41, 5.74) is 0.223. The molecule has 0 radical (unpaired) electrons. The van der Waals surface area contributed by atoms with Gasteiger partial charge in [0, 0.05) is 13.0 Å². The molecule has 0 N–H and O–H groups in total. The summed E-state index contributed by atoms with van der Waals surface area (Å²) in [6.07, 6.45) is -1.36. The number of carbonyl (C=O) groups excluding carboxylic acids is 1. The molecule has 2 atom stereocenters. The van der Waals surface area contributed by atoms with Crippen molar-refractivity contribution in [3.8, 4) is 0 Å². The molecule has 0 aliphatic heterocycles. The zero-order valence-electron chi connectivity index (χ0n) is 10.4. The van der Waals surface area contributed by atoms with Gasteiger partial charge in [-0.15, -0.1) is 0 Å². The lowest BCUT2D eigenvalue weighted by molar-refractivity contribution is -0.191.